The smallest absolute Gasteiger partial charge is 0.259 e. The molecule has 0 atom stereocenters. The molecule has 20 heavy (non-hydrogen) atoms. The van der Waals surface area contributed by atoms with E-state index in [2.05, 4.69) is 15.5 Å². The first-order valence-electron chi connectivity index (χ1n) is 5.82. The fourth-order valence-electron chi connectivity index (χ4n) is 1.87. The Morgan fingerprint density at radius 3 is 2.60 bits per heavy atom. The van der Waals surface area contributed by atoms with Crippen LogP contribution in [0, 0.1) is 13.8 Å². The highest BCUT2D eigenvalue weighted by Gasteiger charge is 2.16. The van der Waals surface area contributed by atoms with E-state index in [0.29, 0.717) is 22.6 Å². The van der Waals surface area contributed by atoms with E-state index in [0.717, 1.165) is 0 Å². The molecule has 104 valence electrons. The molecule has 1 heterocycles. The molecule has 7 heteroatoms. The quantitative estimate of drug-likeness (QED) is 0.806. The SMILES string of the molecule is Cc1n[nH]c(C)c1C(=O)Nc1ccc(Cl)c(C(N)=O)c1. The number of anilines is 1. The van der Waals surface area contributed by atoms with Crippen molar-refractivity contribution in [2.24, 2.45) is 5.73 Å². The highest BCUT2D eigenvalue weighted by molar-refractivity contribution is 6.34. The van der Waals surface area contributed by atoms with Crippen LogP contribution >= 0.6 is 11.6 Å². The third kappa shape index (κ3) is 2.65. The van der Waals surface area contributed by atoms with Gasteiger partial charge in [-0.2, -0.15) is 5.10 Å². The fraction of sp³-hybridized carbons (Fsp3) is 0.154. The standard InChI is InChI=1S/C13H13ClN4O2/c1-6-11(7(2)18-17-6)13(20)16-8-3-4-10(14)9(5-8)12(15)19/h3-5H,1-2H3,(H2,15,19)(H,16,20)(H,17,18). The summed E-state index contributed by atoms with van der Waals surface area (Å²) in [7, 11) is 0. The van der Waals surface area contributed by atoms with E-state index in [1.807, 2.05) is 0 Å². The van der Waals surface area contributed by atoms with Crippen LogP contribution in [-0.2, 0) is 0 Å². The zero-order valence-corrected chi connectivity index (χ0v) is 11.7. The number of nitrogens with one attached hydrogen (secondary N) is 2. The topological polar surface area (TPSA) is 101 Å². The second kappa shape index (κ2) is 5.34. The number of aromatic nitrogens is 2. The van der Waals surface area contributed by atoms with Gasteiger partial charge in [0.1, 0.15) is 0 Å². The molecular formula is C13H13ClN4O2. The fourth-order valence-corrected chi connectivity index (χ4v) is 2.08. The Hall–Kier alpha value is -2.34. The molecule has 2 rings (SSSR count). The highest BCUT2D eigenvalue weighted by atomic mass is 35.5. The van der Waals surface area contributed by atoms with Crippen LogP contribution in [0.15, 0.2) is 18.2 Å². The molecule has 0 fully saturated rings. The summed E-state index contributed by atoms with van der Waals surface area (Å²) in [5.41, 5.74) is 7.55. The van der Waals surface area contributed by atoms with E-state index in [9.17, 15) is 9.59 Å². The molecule has 0 aliphatic carbocycles. The molecule has 0 aliphatic rings. The molecule has 0 radical (unpaired) electrons. The number of nitrogens with two attached hydrogens (primary N) is 1. The number of hydrogen-bond acceptors (Lipinski definition) is 3. The molecular weight excluding hydrogens is 280 g/mol. The van der Waals surface area contributed by atoms with Gasteiger partial charge in [0.25, 0.3) is 5.91 Å². The van der Waals surface area contributed by atoms with Gasteiger partial charge in [-0.1, -0.05) is 11.6 Å². The van der Waals surface area contributed by atoms with E-state index in [1.165, 1.54) is 12.1 Å². The molecule has 2 aromatic rings. The van der Waals surface area contributed by atoms with Gasteiger partial charge in [-0.05, 0) is 32.0 Å². The van der Waals surface area contributed by atoms with Crippen molar-refractivity contribution >= 4 is 29.1 Å². The normalized spacial score (nSPS) is 10.3. The van der Waals surface area contributed by atoms with Crippen LogP contribution < -0.4 is 11.1 Å². The number of H-pyrrole nitrogens is 1. The number of rotatable bonds is 3. The lowest BCUT2D eigenvalue weighted by atomic mass is 10.1. The monoisotopic (exact) mass is 292 g/mol. The number of hydrogen-bond donors (Lipinski definition) is 3. The zero-order valence-electron chi connectivity index (χ0n) is 11.0. The number of nitrogens with zero attached hydrogens (tertiary/aromatic N) is 1. The molecule has 1 aromatic heterocycles. The Bertz CT molecular complexity index is 674. The number of benzene rings is 1. The van der Waals surface area contributed by atoms with Crippen LogP contribution in [0.5, 0.6) is 0 Å². The summed E-state index contributed by atoms with van der Waals surface area (Å²) in [5, 5.41) is 9.62. The summed E-state index contributed by atoms with van der Waals surface area (Å²) in [6.45, 7) is 3.49. The predicted octanol–water partition coefficient (Wildman–Crippen LogP) is 2.03. The van der Waals surface area contributed by atoms with Crippen LogP contribution in [0.2, 0.25) is 5.02 Å². The minimum absolute atomic E-state index is 0.158. The van der Waals surface area contributed by atoms with E-state index in [1.54, 1.807) is 19.9 Å². The molecule has 0 aliphatic heterocycles. The van der Waals surface area contributed by atoms with Crippen LogP contribution in [-0.4, -0.2) is 22.0 Å². The maximum absolute atomic E-state index is 12.2. The van der Waals surface area contributed by atoms with Crippen LogP contribution in [0.1, 0.15) is 32.1 Å². The Morgan fingerprint density at radius 1 is 1.35 bits per heavy atom. The van der Waals surface area contributed by atoms with Crippen LogP contribution in [0.25, 0.3) is 0 Å². The van der Waals surface area contributed by atoms with Crippen molar-refractivity contribution in [3.8, 4) is 0 Å². The predicted molar refractivity (Wildman–Crippen MR) is 76.0 cm³/mol. The zero-order chi connectivity index (χ0) is 14.9. The Kier molecular flexibility index (Phi) is 3.76. The van der Waals surface area contributed by atoms with Gasteiger partial charge in [0.2, 0.25) is 5.91 Å². The molecule has 6 nitrogen and oxygen atoms in total. The Labute approximate surface area is 120 Å². The molecule has 1 aromatic carbocycles. The average molecular weight is 293 g/mol. The lowest BCUT2D eigenvalue weighted by Gasteiger charge is -2.07. The highest BCUT2D eigenvalue weighted by Crippen LogP contribution is 2.21. The first-order chi connectivity index (χ1) is 9.40. The molecule has 0 bridgehead atoms. The van der Waals surface area contributed by atoms with E-state index >= 15 is 0 Å². The minimum Gasteiger partial charge on any atom is -0.366 e. The summed E-state index contributed by atoms with van der Waals surface area (Å²) in [6.07, 6.45) is 0. The van der Waals surface area contributed by atoms with Gasteiger partial charge < -0.3 is 11.1 Å². The second-order valence-electron chi connectivity index (χ2n) is 4.32. The van der Waals surface area contributed by atoms with Crippen molar-refractivity contribution in [2.75, 3.05) is 5.32 Å². The number of aromatic amines is 1. The lowest BCUT2D eigenvalue weighted by molar-refractivity contribution is 0.0996. The van der Waals surface area contributed by atoms with Gasteiger partial charge in [-0.25, -0.2) is 0 Å². The molecule has 2 amide bonds. The van der Waals surface area contributed by atoms with Crippen molar-refractivity contribution in [1.82, 2.24) is 10.2 Å². The number of carbonyl (C=O) groups is 2. The van der Waals surface area contributed by atoms with Gasteiger partial charge in [0.05, 0.1) is 21.8 Å². The maximum Gasteiger partial charge on any atom is 0.259 e. The van der Waals surface area contributed by atoms with Crippen molar-refractivity contribution < 1.29 is 9.59 Å². The number of primary amides is 1. The maximum atomic E-state index is 12.2. The van der Waals surface area contributed by atoms with Crippen molar-refractivity contribution in [2.45, 2.75) is 13.8 Å². The van der Waals surface area contributed by atoms with E-state index in [-0.39, 0.29) is 16.5 Å². The summed E-state index contributed by atoms with van der Waals surface area (Å²) in [6, 6.07) is 4.54. The molecule has 0 saturated carbocycles. The van der Waals surface area contributed by atoms with Gasteiger partial charge in [-0.15, -0.1) is 0 Å². The van der Waals surface area contributed by atoms with Gasteiger partial charge in [0, 0.05) is 11.4 Å². The van der Waals surface area contributed by atoms with Gasteiger partial charge >= 0.3 is 0 Å². The number of carbonyl (C=O) groups excluding carboxylic acids is 2. The van der Waals surface area contributed by atoms with E-state index in [4.69, 9.17) is 17.3 Å². The number of halogens is 1. The van der Waals surface area contributed by atoms with E-state index < -0.39 is 5.91 Å². The molecule has 4 N–H and O–H groups in total. The summed E-state index contributed by atoms with van der Waals surface area (Å²) in [4.78, 5) is 23.4. The third-order valence-corrected chi connectivity index (χ3v) is 3.17. The van der Waals surface area contributed by atoms with Crippen molar-refractivity contribution in [3.05, 3.63) is 45.7 Å². The lowest BCUT2D eigenvalue weighted by Crippen LogP contribution is -2.16. The first-order valence-corrected chi connectivity index (χ1v) is 6.20. The molecule has 0 spiro atoms. The molecule has 0 unspecified atom stereocenters. The van der Waals surface area contributed by atoms with Crippen molar-refractivity contribution in [1.29, 1.82) is 0 Å². The van der Waals surface area contributed by atoms with Crippen molar-refractivity contribution in [3.63, 3.8) is 0 Å². The molecule has 0 saturated heterocycles. The largest absolute Gasteiger partial charge is 0.366 e. The summed E-state index contributed by atoms with van der Waals surface area (Å²) in [5.74, 6) is -0.965. The van der Waals surface area contributed by atoms with Gasteiger partial charge in [0.15, 0.2) is 0 Å². The van der Waals surface area contributed by atoms with Crippen LogP contribution in [0.3, 0.4) is 0 Å². The average Bonchev–Trinajstić information content (AvgIpc) is 2.71. The Morgan fingerprint density at radius 2 is 2.05 bits per heavy atom. The first kappa shape index (κ1) is 14.1. The summed E-state index contributed by atoms with van der Waals surface area (Å²) >= 11 is 5.85. The summed E-state index contributed by atoms with van der Waals surface area (Å²) < 4.78 is 0. The third-order valence-electron chi connectivity index (χ3n) is 2.84. The Balaban J connectivity index is 2.29. The second-order valence-corrected chi connectivity index (χ2v) is 4.73. The minimum atomic E-state index is -0.651. The number of aryl methyl sites for hydroxylation is 2. The number of amides is 2. The van der Waals surface area contributed by atoms with Gasteiger partial charge in [-0.3, -0.25) is 14.7 Å². The van der Waals surface area contributed by atoms with Crippen LogP contribution in [0.4, 0.5) is 5.69 Å².